The van der Waals surface area contributed by atoms with Gasteiger partial charge < -0.3 is 4.74 Å². The van der Waals surface area contributed by atoms with Crippen molar-refractivity contribution < 1.29 is 9.53 Å². The van der Waals surface area contributed by atoms with Crippen LogP contribution in [0.4, 0.5) is 0 Å². The third-order valence-corrected chi connectivity index (χ3v) is 4.22. The van der Waals surface area contributed by atoms with Crippen molar-refractivity contribution in [2.45, 2.75) is 26.7 Å². The van der Waals surface area contributed by atoms with E-state index < -0.39 is 0 Å². The van der Waals surface area contributed by atoms with E-state index >= 15 is 0 Å². The van der Waals surface area contributed by atoms with Crippen molar-refractivity contribution in [1.29, 1.82) is 0 Å². The number of carbonyl (C=O) groups excluding carboxylic acids is 1. The first-order valence-corrected chi connectivity index (χ1v) is 6.92. The number of Topliss-reactive ketones (excluding diaryl/α,β-unsaturated/α-hetero) is 1. The molecule has 1 aliphatic carbocycles. The van der Waals surface area contributed by atoms with Crippen LogP contribution in [0.1, 0.15) is 33.5 Å². The summed E-state index contributed by atoms with van der Waals surface area (Å²) in [7, 11) is 1.71. The van der Waals surface area contributed by atoms with Crippen LogP contribution in [0.15, 0.2) is 30.3 Å². The van der Waals surface area contributed by atoms with Crippen LogP contribution in [-0.2, 0) is 6.42 Å². The largest absolute Gasteiger partial charge is 0.496 e. The minimum absolute atomic E-state index is 0.263. The van der Waals surface area contributed by atoms with Crippen LogP contribution in [0.2, 0.25) is 0 Å². The van der Waals surface area contributed by atoms with Crippen LogP contribution in [0.3, 0.4) is 0 Å². The van der Waals surface area contributed by atoms with Crippen molar-refractivity contribution in [2.24, 2.45) is 0 Å². The molecule has 2 nitrogen and oxygen atoms in total. The Hall–Kier alpha value is -2.09. The van der Waals surface area contributed by atoms with Gasteiger partial charge in [0.2, 0.25) is 0 Å². The second-order valence-corrected chi connectivity index (χ2v) is 5.38. The maximum atomic E-state index is 11.7. The molecule has 0 amide bonds. The first-order valence-electron chi connectivity index (χ1n) is 6.92. The third kappa shape index (κ3) is 1.92. The number of ether oxygens (including phenoxy) is 1. The highest BCUT2D eigenvalue weighted by molar-refractivity contribution is 6.01. The predicted octanol–water partition coefficient (Wildman–Crippen LogP) is 4.11. The molecule has 0 atom stereocenters. The van der Waals surface area contributed by atoms with Gasteiger partial charge in [-0.1, -0.05) is 30.3 Å². The topological polar surface area (TPSA) is 26.3 Å². The quantitative estimate of drug-likeness (QED) is 0.817. The minimum atomic E-state index is 0.263. The second kappa shape index (κ2) is 4.78. The predicted molar refractivity (Wildman–Crippen MR) is 80.6 cm³/mol. The number of methoxy groups -OCH3 is 1. The Morgan fingerprint density at radius 1 is 1.00 bits per heavy atom. The van der Waals surface area contributed by atoms with Gasteiger partial charge in [0.05, 0.1) is 7.11 Å². The van der Waals surface area contributed by atoms with Crippen molar-refractivity contribution in [1.82, 2.24) is 0 Å². The average molecular weight is 266 g/mol. The van der Waals surface area contributed by atoms with Gasteiger partial charge in [0.15, 0.2) is 5.78 Å². The normalized spacial score (nSPS) is 13.4. The maximum Gasteiger partial charge on any atom is 0.163 e. The molecule has 0 N–H and O–H groups in total. The summed E-state index contributed by atoms with van der Waals surface area (Å²) in [5.74, 6) is 1.19. The van der Waals surface area contributed by atoms with E-state index in [2.05, 4.69) is 32.0 Å². The van der Waals surface area contributed by atoms with Gasteiger partial charge in [-0.3, -0.25) is 4.79 Å². The molecule has 0 spiro atoms. The van der Waals surface area contributed by atoms with Crippen LogP contribution < -0.4 is 4.74 Å². The van der Waals surface area contributed by atoms with Crippen LogP contribution in [-0.4, -0.2) is 12.9 Å². The first kappa shape index (κ1) is 12.9. The Labute approximate surface area is 119 Å². The lowest BCUT2D eigenvalue weighted by molar-refractivity contribution is 0.0994. The molecule has 0 heterocycles. The summed E-state index contributed by atoms with van der Waals surface area (Å²) in [6, 6.07) is 10.3. The number of hydrogen-bond acceptors (Lipinski definition) is 2. The van der Waals surface area contributed by atoms with Gasteiger partial charge in [-0.15, -0.1) is 0 Å². The third-order valence-electron chi connectivity index (χ3n) is 4.22. The number of ketones is 1. The van der Waals surface area contributed by atoms with Crippen molar-refractivity contribution in [3.63, 3.8) is 0 Å². The Morgan fingerprint density at radius 2 is 1.75 bits per heavy atom. The number of aryl methyl sites for hydroxylation is 2. The fourth-order valence-corrected chi connectivity index (χ4v) is 2.90. The monoisotopic (exact) mass is 266 g/mol. The zero-order valence-corrected chi connectivity index (χ0v) is 12.1. The first-order chi connectivity index (χ1) is 9.61. The Balaban J connectivity index is 2.15. The molecule has 102 valence electrons. The average Bonchev–Trinajstić information content (AvgIpc) is 2.82. The summed E-state index contributed by atoms with van der Waals surface area (Å²) in [6.45, 7) is 4.16. The maximum absolute atomic E-state index is 11.7. The van der Waals surface area contributed by atoms with E-state index in [9.17, 15) is 4.79 Å². The van der Waals surface area contributed by atoms with Gasteiger partial charge in [0.1, 0.15) is 5.75 Å². The molecule has 0 saturated carbocycles. The molecule has 0 aromatic heterocycles. The molecular formula is C18H18O2. The van der Waals surface area contributed by atoms with Gasteiger partial charge in [-0.25, -0.2) is 0 Å². The molecule has 0 aliphatic heterocycles. The lowest BCUT2D eigenvalue weighted by atomic mass is 9.96. The number of rotatable bonds is 2. The van der Waals surface area contributed by atoms with E-state index in [1.54, 1.807) is 7.11 Å². The van der Waals surface area contributed by atoms with E-state index in [1.807, 2.05) is 12.1 Å². The van der Waals surface area contributed by atoms with E-state index in [0.29, 0.717) is 6.42 Å². The second-order valence-electron chi connectivity index (χ2n) is 5.38. The van der Waals surface area contributed by atoms with E-state index in [-0.39, 0.29) is 5.78 Å². The zero-order chi connectivity index (χ0) is 14.3. The molecule has 0 saturated heterocycles. The van der Waals surface area contributed by atoms with E-state index in [4.69, 9.17) is 4.74 Å². The molecule has 20 heavy (non-hydrogen) atoms. The van der Waals surface area contributed by atoms with Crippen LogP contribution in [0, 0.1) is 13.8 Å². The SMILES string of the molecule is COc1c(-c2ccc3c(c2)CCC3=O)ccc(C)c1C. The van der Waals surface area contributed by atoms with Crippen molar-refractivity contribution in [2.75, 3.05) is 7.11 Å². The summed E-state index contributed by atoms with van der Waals surface area (Å²) < 4.78 is 5.58. The lowest BCUT2D eigenvalue weighted by Crippen LogP contribution is -1.95. The summed E-state index contributed by atoms with van der Waals surface area (Å²) in [5, 5.41) is 0. The van der Waals surface area contributed by atoms with E-state index in [0.717, 1.165) is 34.4 Å². The van der Waals surface area contributed by atoms with Crippen LogP contribution in [0.5, 0.6) is 5.75 Å². The Morgan fingerprint density at radius 3 is 2.50 bits per heavy atom. The molecular weight excluding hydrogens is 248 g/mol. The van der Waals surface area contributed by atoms with Gasteiger partial charge in [0.25, 0.3) is 0 Å². The lowest BCUT2D eigenvalue weighted by Gasteiger charge is -2.14. The number of carbonyl (C=O) groups is 1. The number of fused-ring (bicyclic) bond motifs is 1. The fraction of sp³-hybridized carbons (Fsp3) is 0.278. The highest BCUT2D eigenvalue weighted by Crippen LogP contribution is 2.36. The molecule has 0 unspecified atom stereocenters. The molecule has 2 aromatic carbocycles. The van der Waals surface area contributed by atoms with E-state index in [1.165, 1.54) is 11.1 Å². The molecule has 0 fully saturated rings. The van der Waals surface area contributed by atoms with Crippen LogP contribution >= 0.6 is 0 Å². The summed E-state index contributed by atoms with van der Waals surface area (Å²) in [4.78, 5) is 11.7. The smallest absolute Gasteiger partial charge is 0.163 e. The molecule has 2 aromatic rings. The fourth-order valence-electron chi connectivity index (χ4n) is 2.90. The number of benzene rings is 2. The molecule has 3 rings (SSSR count). The molecule has 2 heteroatoms. The van der Waals surface area contributed by atoms with Crippen LogP contribution in [0.25, 0.3) is 11.1 Å². The van der Waals surface area contributed by atoms with Crippen molar-refractivity contribution in [3.05, 3.63) is 52.6 Å². The van der Waals surface area contributed by atoms with Crippen molar-refractivity contribution >= 4 is 5.78 Å². The summed E-state index contributed by atoms with van der Waals surface area (Å²) >= 11 is 0. The number of hydrogen-bond donors (Lipinski definition) is 0. The highest BCUT2D eigenvalue weighted by Gasteiger charge is 2.20. The summed E-state index contributed by atoms with van der Waals surface area (Å²) in [6.07, 6.45) is 1.50. The highest BCUT2D eigenvalue weighted by atomic mass is 16.5. The molecule has 0 radical (unpaired) electrons. The van der Waals surface area contributed by atoms with Gasteiger partial charge >= 0.3 is 0 Å². The van der Waals surface area contributed by atoms with Gasteiger partial charge in [0, 0.05) is 17.5 Å². The van der Waals surface area contributed by atoms with Crippen molar-refractivity contribution in [3.8, 4) is 16.9 Å². The summed E-state index contributed by atoms with van der Waals surface area (Å²) in [5.41, 5.74) is 6.66. The molecule has 0 bridgehead atoms. The Bertz CT molecular complexity index is 699. The Kier molecular flexibility index (Phi) is 3.09. The van der Waals surface area contributed by atoms with Gasteiger partial charge in [-0.2, -0.15) is 0 Å². The standard InChI is InChI=1S/C18H18O2/c1-11-4-7-16(18(20-3)12(11)2)14-5-8-15-13(10-14)6-9-17(15)19/h4-5,7-8,10H,6,9H2,1-3H3. The minimum Gasteiger partial charge on any atom is -0.496 e. The molecule has 1 aliphatic rings. The zero-order valence-electron chi connectivity index (χ0n) is 12.1. The van der Waals surface area contributed by atoms with Gasteiger partial charge in [-0.05, 0) is 42.5 Å².